The summed E-state index contributed by atoms with van der Waals surface area (Å²) in [5.41, 5.74) is 8.75. The fourth-order valence-corrected chi connectivity index (χ4v) is 6.44. The molecule has 0 amide bonds. The summed E-state index contributed by atoms with van der Waals surface area (Å²) in [6.45, 7) is 28.9. The van der Waals surface area contributed by atoms with Gasteiger partial charge in [0.2, 0.25) is 5.89 Å². The molecule has 0 bridgehead atoms. The van der Waals surface area contributed by atoms with Crippen LogP contribution in [0.2, 0.25) is 0 Å². The van der Waals surface area contributed by atoms with Crippen molar-refractivity contribution in [1.29, 1.82) is 0 Å². The van der Waals surface area contributed by atoms with Crippen molar-refractivity contribution in [3.63, 3.8) is 0 Å². The fourth-order valence-electron chi connectivity index (χ4n) is 5.79. The summed E-state index contributed by atoms with van der Waals surface area (Å²) < 4.78 is 34.0. The third-order valence-corrected chi connectivity index (χ3v) is 10.9. The van der Waals surface area contributed by atoms with E-state index in [0.717, 1.165) is 50.4 Å². The van der Waals surface area contributed by atoms with Gasteiger partial charge < -0.3 is 4.52 Å². The number of pyridine rings is 3. The summed E-state index contributed by atoms with van der Waals surface area (Å²) in [4.78, 5) is 20.6. The summed E-state index contributed by atoms with van der Waals surface area (Å²) in [5, 5.41) is 11.3. The van der Waals surface area contributed by atoms with Crippen molar-refractivity contribution < 1.29 is 13.3 Å². The predicted octanol–water partition coefficient (Wildman–Crippen LogP) is 15.2. The lowest BCUT2D eigenvalue weighted by Gasteiger charge is -2.15. The maximum atomic E-state index is 12.8. The number of halogens is 2. The van der Waals surface area contributed by atoms with Crippen LogP contribution in [0, 0.1) is 31.4 Å². The molecule has 1 aliphatic rings. The van der Waals surface area contributed by atoms with Gasteiger partial charge in [-0.1, -0.05) is 131 Å². The van der Waals surface area contributed by atoms with Gasteiger partial charge in [0.1, 0.15) is 22.5 Å². The lowest BCUT2D eigenvalue weighted by atomic mass is 10.0. The molecule has 0 spiro atoms. The summed E-state index contributed by atoms with van der Waals surface area (Å²) in [5.74, 6) is 4.48. The average Bonchev–Trinajstić information content (AvgIpc) is 3.93. The van der Waals surface area contributed by atoms with Gasteiger partial charge in [-0.3, -0.25) is 20.0 Å². The standard InChI is InChI=1S/C14H14FN.C13H16N2.C8H10FN.C8H11N.C6H10N2O.C6H10N2S/c1-10(2)14-9-12(7-8-16-14)11-3-5-13(15)6-4-11;1-10(2)12-9-8-11-6-4-5-7-13(11)15(3)14-12;1-6(2)8-4-3-7(9)5-10-8;1-7(2)8-5-3-4-6-9-8;2*1-4(2)6-7-5(3)8-9-6/h3-10H,1-2H3;4-10H,1-3H3;3-6H,1-2H3;3-7H,1-2H3;2*4H,1-3H3. The second-order valence-electron chi connectivity index (χ2n) is 17.9. The number of hydrogen-bond donors (Lipinski definition) is 0. The lowest BCUT2D eigenvalue weighted by Crippen LogP contribution is -2.14. The zero-order valence-corrected chi connectivity index (χ0v) is 43.4. The first-order valence-corrected chi connectivity index (χ1v) is 24.0. The number of para-hydroxylation sites is 1. The number of nitrogens with zero attached hydrogens (tertiary/aromatic N) is 9. The van der Waals surface area contributed by atoms with Crippen LogP contribution in [0.25, 0.3) is 17.2 Å². The molecule has 0 aliphatic carbocycles. The quantitative estimate of drug-likeness (QED) is 0.154. The number of aryl methyl sites for hydroxylation is 2. The number of aromatic nitrogens is 7. The van der Waals surface area contributed by atoms with Crippen LogP contribution in [-0.2, 0) is 0 Å². The van der Waals surface area contributed by atoms with Crippen LogP contribution in [0.4, 0.5) is 14.5 Å². The second kappa shape index (κ2) is 28.7. The van der Waals surface area contributed by atoms with Crippen molar-refractivity contribution in [1.82, 2.24) is 34.5 Å². The van der Waals surface area contributed by atoms with Gasteiger partial charge in [0.15, 0.2) is 5.82 Å². The van der Waals surface area contributed by atoms with E-state index in [-0.39, 0.29) is 11.6 Å². The topological polar surface area (TPSA) is 119 Å². The molecule has 68 heavy (non-hydrogen) atoms. The average molecular weight is 944 g/mol. The minimum absolute atomic E-state index is 0.207. The van der Waals surface area contributed by atoms with Crippen molar-refractivity contribution >= 4 is 29.0 Å². The number of benzene rings is 2. The van der Waals surface area contributed by atoms with E-state index in [0.29, 0.717) is 47.2 Å². The fraction of sp³-hybridized carbons (Fsp3) is 0.382. The molecule has 0 unspecified atom stereocenters. The molecule has 10 nitrogen and oxygen atoms in total. The van der Waals surface area contributed by atoms with E-state index >= 15 is 0 Å². The SMILES string of the molecule is CC(C)C1=NN(C)c2ccccc2C=C1.CC(C)c1cc(-c2ccc(F)cc2)ccn1.CC(C)c1ccc(F)cn1.CC(C)c1ccccn1.Cc1noc(C(C)C)n1.Cc1nsc(C(C)C)n1. The molecular weight excluding hydrogens is 873 g/mol. The Labute approximate surface area is 408 Å². The van der Waals surface area contributed by atoms with Gasteiger partial charge in [-0.15, -0.1) is 0 Å². The lowest BCUT2D eigenvalue weighted by molar-refractivity contribution is 0.362. The van der Waals surface area contributed by atoms with Crippen LogP contribution in [0.1, 0.15) is 158 Å². The van der Waals surface area contributed by atoms with E-state index in [1.807, 2.05) is 90.1 Å². The first-order valence-electron chi connectivity index (χ1n) is 23.2. The van der Waals surface area contributed by atoms with Crippen molar-refractivity contribution in [2.45, 2.75) is 127 Å². The Morgan fingerprint density at radius 2 is 1.16 bits per heavy atom. The predicted molar refractivity (Wildman–Crippen MR) is 278 cm³/mol. The molecule has 0 fully saturated rings. The Morgan fingerprint density at radius 3 is 1.63 bits per heavy atom. The largest absolute Gasteiger partial charge is 0.339 e. The van der Waals surface area contributed by atoms with E-state index in [1.165, 1.54) is 41.5 Å². The molecule has 13 heteroatoms. The van der Waals surface area contributed by atoms with Crippen LogP contribution in [-0.4, -0.2) is 47.2 Å². The number of fused-ring (bicyclic) bond motifs is 1. The van der Waals surface area contributed by atoms with Crippen LogP contribution < -0.4 is 5.01 Å². The van der Waals surface area contributed by atoms with Gasteiger partial charge in [-0.2, -0.15) is 14.5 Å². The maximum absolute atomic E-state index is 12.8. The Hall–Kier alpha value is -6.34. The van der Waals surface area contributed by atoms with Crippen molar-refractivity contribution in [2.24, 2.45) is 11.0 Å². The number of hydrogen-bond acceptors (Lipinski definition) is 11. The van der Waals surface area contributed by atoms with E-state index < -0.39 is 0 Å². The molecule has 6 heterocycles. The molecule has 362 valence electrons. The molecule has 0 atom stereocenters. The van der Waals surface area contributed by atoms with Gasteiger partial charge in [-0.25, -0.2) is 13.8 Å². The highest BCUT2D eigenvalue weighted by atomic mass is 32.1. The van der Waals surface area contributed by atoms with Crippen molar-refractivity contribution in [3.05, 3.63) is 172 Å². The highest BCUT2D eigenvalue weighted by molar-refractivity contribution is 7.05. The van der Waals surface area contributed by atoms with Gasteiger partial charge in [0, 0.05) is 48.4 Å². The Balaban J connectivity index is 0.000000220. The number of hydrazone groups is 1. The number of anilines is 1. The van der Waals surface area contributed by atoms with E-state index in [2.05, 4.69) is 131 Å². The van der Waals surface area contributed by atoms with Crippen molar-refractivity contribution in [3.8, 4) is 11.1 Å². The van der Waals surface area contributed by atoms with Crippen molar-refractivity contribution in [2.75, 3.05) is 12.1 Å². The van der Waals surface area contributed by atoms with Crippen LogP contribution in [0.15, 0.2) is 125 Å². The smallest absolute Gasteiger partial charge is 0.229 e. The molecule has 7 aromatic rings. The summed E-state index contributed by atoms with van der Waals surface area (Å²) in [7, 11) is 1.99. The van der Waals surface area contributed by atoms with Crippen LogP contribution in [0.5, 0.6) is 0 Å². The Bertz CT molecular complexity index is 2500. The second-order valence-corrected chi connectivity index (χ2v) is 18.6. The zero-order valence-electron chi connectivity index (χ0n) is 42.6. The minimum atomic E-state index is -0.274. The number of allylic oxidation sites excluding steroid dienone is 1. The maximum Gasteiger partial charge on any atom is 0.229 e. The summed E-state index contributed by atoms with van der Waals surface area (Å²) >= 11 is 1.50. The summed E-state index contributed by atoms with van der Waals surface area (Å²) in [6, 6.07) is 28.0. The summed E-state index contributed by atoms with van der Waals surface area (Å²) in [6.07, 6.45) is 9.11. The van der Waals surface area contributed by atoms with E-state index in [9.17, 15) is 8.78 Å². The van der Waals surface area contributed by atoms with Gasteiger partial charge in [0.25, 0.3) is 0 Å². The zero-order chi connectivity index (χ0) is 50.3. The molecule has 0 saturated carbocycles. The first kappa shape index (κ1) is 56.0. The van der Waals surface area contributed by atoms with Gasteiger partial charge in [-0.05, 0) is 126 Å². The molecule has 1 aliphatic heterocycles. The third kappa shape index (κ3) is 19.9. The molecule has 8 rings (SSSR count). The molecule has 0 N–H and O–H groups in total. The monoisotopic (exact) mass is 944 g/mol. The molecular formula is C55H71F2N9OS. The minimum Gasteiger partial charge on any atom is -0.339 e. The molecule has 2 aromatic carbocycles. The highest BCUT2D eigenvalue weighted by Gasteiger charge is 2.11. The Kier molecular flexibility index (Phi) is 23.7. The number of rotatable bonds is 7. The van der Waals surface area contributed by atoms with Gasteiger partial charge in [0.05, 0.1) is 17.6 Å². The highest BCUT2D eigenvalue weighted by Crippen LogP contribution is 2.25. The third-order valence-electron chi connectivity index (χ3n) is 9.82. The first-order chi connectivity index (χ1) is 32.2. The molecule has 0 saturated heterocycles. The van der Waals surface area contributed by atoms with Gasteiger partial charge >= 0.3 is 0 Å². The van der Waals surface area contributed by atoms with E-state index in [4.69, 9.17) is 4.52 Å². The van der Waals surface area contributed by atoms with Crippen LogP contribution >= 0.6 is 11.5 Å². The van der Waals surface area contributed by atoms with Crippen LogP contribution in [0.3, 0.4) is 0 Å². The Morgan fingerprint density at radius 1 is 0.544 bits per heavy atom. The molecule has 0 radical (unpaired) electrons. The molecule has 5 aromatic heterocycles. The normalized spacial score (nSPS) is 11.5. The van der Waals surface area contributed by atoms with E-state index in [1.54, 1.807) is 24.4 Å².